The molecule has 0 saturated carbocycles. The van der Waals surface area contributed by atoms with Crippen molar-refractivity contribution in [1.29, 1.82) is 5.26 Å². The van der Waals surface area contributed by atoms with Crippen molar-refractivity contribution in [2.24, 2.45) is 0 Å². The molecule has 0 aliphatic carbocycles. The fourth-order valence-electron chi connectivity index (χ4n) is 3.15. The standard InChI is InChI=1S/C22H24ClN5O3/c1-15(13-30-2)31-20-10-21(26-12-18(20)23)27-22(29)9-16-3-4-19(25-11-16)17-5-7-28(14-24)8-6-17/h3-5,10-12,15H,6-9,13H2,1-2H3,(H,26,27,29). The number of nitriles is 1. The van der Waals surface area contributed by atoms with Crippen molar-refractivity contribution in [3.8, 4) is 11.9 Å². The first kappa shape index (κ1) is 22.5. The molecule has 0 aromatic carbocycles. The van der Waals surface area contributed by atoms with E-state index in [-0.39, 0.29) is 18.4 Å². The lowest BCUT2D eigenvalue weighted by Gasteiger charge is -2.20. The van der Waals surface area contributed by atoms with Crippen molar-refractivity contribution < 1.29 is 14.3 Å². The lowest BCUT2D eigenvalue weighted by atomic mass is 10.0. The van der Waals surface area contributed by atoms with Crippen molar-refractivity contribution >= 4 is 28.9 Å². The minimum absolute atomic E-state index is 0.162. The van der Waals surface area contributed by atoms with E-state index >= 15 is 0 Å². The number of rotatable bonds is 8. The van der Waals surface area contributed by atoms with Gasteiger partial charge in [-0.15, -0.1) is 0 Å². The SMILES string of the molecule is COCC(C)Oc1cc(NC(=O)Cc2ccc(C3=CCN(C#N)CC3)nc2)ncc1Cl. The average Bonchev–Trinajstić information content (AvgIpc) is 2.77. The summed E-state index contributed by atoms with van der Waals surface area (Å²) in [4.78, 5) is 22.7. The highest BCUT2D eigenvalue weighted by molar-refractivity contribution is 6.32. The van der Waals surface area contributed by atoms with E-state index < -0.39 is 0 Å². The maximum Gasteiger partial charge on any atom is 0.230 e. The van der Waals surface area contributed by atoms with Crippen LogP contribution in [0.2, 0.25) is 5.02 Å². The molecule has 1 N–H and O–H groups in total. The molecule has 8 nitrogen and oxygen atoms in total. The molecule has 162 valence electrons. The van der Waals surface area contributed by atoms with Gasteiger partial charge in [-0.25, -0.2) is 4.98 Å². The number of hydrogen-bond acceptors (Lipinski definition) is 7. The molecule has 0 saturated heterocycles. The van der Waals surface area contributed by atoms with Crippen LogP contribution in [0.4, 0.5) is 5.82 Å². The van der Waals surface area contributed by atoms with Crippen LogP contribution in [-0.4, -0.2) is 53.7 Å². The molecule has 0 fully saturated rings. The molecule has 2 aromatic rings. The molecule has 31 heavy (non-hydrogen) atoms. The van der Waals surface area contributed by atoms with E-state index in [1.165, 1.54) is 6.20 Å². The van der Waals surface area contributed by atoms with Crippen molar-refractivity contribution in [3.05, 3.63) is 52.9 Å². The number of halogens is 1. The second-order valence-electron chi connectivity index (χ2n) is 7.19. The van der Waals surface area contributed by atoms with Crippen LogP contribution in [0, 0.1) is 11.5 Å². The molecule has 1 aliphatic heterocycles. The highest BCUT2D eigenvalue weighted by atomic mass is 35.5. The van der Waals surface area contributed by atoms with Gasteiger partial charge in [0.15, 0.2) is 6.19 Å². The van der Waals surface area contributed by atoms with Gasteiger partial charge in [-0.3, -0.25) is 9.78 Å². The highest BCUT2D eigenvalue weighted by Gasteiger charge is 2.14. The zero-order valence-corrected chi connectivity index (χ0v) is 18.2. The number of methoxy groups -OCH3 is 1. The van der Waals surface area contributed by atoms with Crippen LogP contribution in [0.1, 0.15) is 24.6 Å². The Balaban J connectivity index is 1.58. The zero-order chi connectivity index (χ0) is 22.2. The summed E-state index contributed by atoms with van der Waals surface area (Å²) in [5, 5.41) is 12.0. The van der Waals surface area contributed by atoms with Crippen LogP contribution in [0.15, 0.2) is 36.7 Å². The Bertz CT molecular complexity index is 988. The fraction of sp³-hybridized carbons (Fsp3) is 0.364. The van der Waals surface area contributed by atoms with Gasteiger partial charge in [-0.1, -0.05) is 23.7 Å². The third-order valence-corrected chi connectivity index (χ3v) is 4.97. The number of amides is 1. The second kappa shape index (κ2) is 10.8. The number of ether oxygens (including phenoxy) is 2. The van der Waals surface area contributed by atoms with Gasteiger partial charge in [0.05, 0.1) is 24.9 Å². The molecule has 1 aliphatic rings. The monoisotopic (exact) mass is 441 g/mol. The van der Waals surface area contributed by atoms with E-state index in [2.05, 4.69) is 21.5 Å². The summed E-state index contributed by atoms with van der Waals surface area (Å²) in [6.07, 6.45) is 8.04. The first-order chi connectivity index (χ1) is 15.0. The predicted octanol–water partition coefficient (Wildman–Crippen LogP) is 3.30. The molecular weight excluding hydrogens is 418 g/mol. The largest absolute Gasteiger partial charge is 0.487 e. The highest BCUT2D eigenvalue weighted by Crippen LogP contribution is 2.27. The van der Waals surface area contributed by atoms with Gasteiger partial charge in [0, 0.05) is 32.5 Å². The Morgan fingerprint density at radius 2 is 2.23 bits per heavy atom. The smallest absolute Gasteiger partial charge is 0.230 e. The summed E-state index contributed by atoms with van der Waals surface area (Å²) in [5.41, 5.74) is 2.77. The van der Waals surface area contributed by atoms with Crippen LogP contribution >= 0.6 is 11.6 Å². The number of hydrogen-bond donors (Lipinski definition) is 1. The topological polar surface area (TPSA) is 100 Å². The first-order valence-corrected chi connectivity index (χ1v) is 10.3. The van der Waals surface area contributed by atoms with E-state index in [9.17, 15) is 4.79 Å². The molecule has 9 heteroatoms. The first-order valence-electron chi connectivity index (χ1n) is 9.88. The Labute approximate surface area is 186 Å². The van der Waals surface area contributed by atoms with Crippen molar-refractivity contribution in [2.75, 3.05) is 32.1 Å². The third-order valence-electron chi connectivity index (χ3n) is 4.69. The van der Waals surface area contributed by atoms with Gasteiger partial charge < -0.3 is 19.7 Å². The van der Waals surface area contributed by atoms with E-state index in [0.717, 1.165) is 23.3 Å². The quantitative estimate of drug-likeness (QED) is 0.627. The average molecular weight is 442 g/mol. The summed E-state index contributed by atoms with van der Waals surface area (Å²) in [6.45, 7) is 3.56. The summed E-state index contributed by atoms with van der Waals surface area (Å²) in [5.74, 6) is 0.563. The fourth-order valence-corrected chi connectivity index (χ4v) is 3.30. The lowest BCUT2D eigenvalue weighted by Crippen LogP contribution is -2.23. The summed E-state index contributed by atoms with van der Waals surface area (Å²) < 4.78 is 10.8. The zero-order valence-electron chi connectivity index (χ0n) is 17.5. The van der Waals surface area contributed by atoms with E-state index in [1.807, 2.05) is 25.1 Å². The van der Waals surface area contributed by atoms with Gasteiger partial charge in [-0.2, -0.15) is 5.26 Å². The van der Waals surface area contributed by atoms with E-state index in [4.69, 9.17) is 26.3 Å². The van der Waals surface area contributed by atoms with Crippen molar-refractivity contribution in [2.45, 2.75) is 25.9 Å². The minimum Gasteiger partial charge on any atom is -0.487 e. The maximum atomic E-state index is 12.4. The summed E-state index contributed by atoms with van der Waals surface area (Å²) >= 11 is 6.13. The summed E-state index contributed by atoms with van der Waals surface area (Å²) in [7, 11) is 1.59. The third kappa shape index (κ3) is 6.41. The number of carbonyl (C=O) groups excluding carboxylic acids is 1. The predicted molar refractivity (Wildman–Crippen MR) is 118 cm³/mol. The Morgan fingerprint density at radius 1 is 1.39 bits per heavy atom. The Kier molecular flexibility index (Phi) is 7.82. The van der Waals surface area contributed by atoms with Crippen molar-refractivity contribution in [3.63, 3.8) is 0 Å². The number of nitrogens with one attached hydrogen (secondary N) is 1. The second-order valence-corrected chi connectivity index (χ2v) is 7.59. The molecule has 1 unspecified atom stereocenters. The Hall–Kier alpha value is -3.15. The van der Waals surface area contributed by atoms with Crippen LogP contribution in [-0.2, 0) is 16.0 Å². The molecule has 0 radical (unpaired) electrons. The van der Waals surface area contributed by atoms with Gasteiger partial charge >= 0.3 is 0 Å². The normalized spacial score (nSPS) is 14.4. The molecule has 3 heterocycles. The molecule has 0 spiro atoms. The number of aromatic nitrogens is 2. The molecular formula is C22H24ClN5O3. The van der Waals surface area contributed by atoms with Gasteiger partial charge in [-0.05, 0) is 30.5 Å². The van der Waals surface area contributed by atoms with Gasteiger partial charge in [0.1, 0.15) is 22.7 Å². The number of nitrogens with zero attached hydrogens (tertiary/aromatic N) is 4. The number of anilines is 1. The Morgan fingerprint density at radius 3 is 2.87 bits per heavy atom. The van der Waals surface area contributed by atoms with Crippen LogP contribution in [0.25, 0.3) is 5.57 Å². The van der Waals surface area contributed by atoms with Crippen LogP contribution < -0.4 is 10.1 Å². The van der Waals surface area contributed by atoms with E-state index in [0.29, 0.717) is 36.3 Å². The molecule has 1 atom stereocenters. The van der Waals surface area contributed by atoms with Gasteiger partial charge in [0.2, 0.25) is 5.91 Å². The molecule has 3 rings (SSSR count). The molecule has 2 aromatic heterocycles. The molecule has 1 amide bonds. The summed E-state index contributed by atoms with van der Waals surface area (Å²) in [6, 6.07) is 5.38. The minimum atomic E-state index is -0.221. The number of pyridine rings is 2. The lowest BCUT2D eigenvalue weighted by molar-refractivity contribution is -0.115. The van der Waals surface area contributed by atoms with Gasteiger partial charge in [0.25, 0.3) is 0 Å². The van der Waals surface area contributed by atoms with Crippen molar-refractivity contribution in [1.82, 2.24) is 14.9 Å². The maximum absolute atomic E-state index is 12.4. The molecule has 0 bridgehead atoms. The number of carbonyl (C=O) groups is 1. The van der Waals surface area contributed by atoms with Crippen LogP contribution in [0.3, 0.4) is 0 Å². The van der Waals surface area contributed by atoms with Crippen LogP contribution in [0.5, 0.6) is 5.75 Å². The van der Waals surface area contributed by atoms with E-state index in [1.54, 1.807) is 24.3 Å².